The van der Waals surface area contributed by atoms with Crippen LogP contribution in [0.3, 0.4) is 0 Å². The molecule has 2 aromatic heterocycles. The van der Waals surface area contributed by atoms with Gasteiger partial charge in [0.25, 0.3) is 0 Å². The van der Waals surface area contributed by atoms with E-state index in [1.54, 1.807) is 22.7 Å². The number of nitrogens with zero attached hydrogens (tertiary/aromatic N) is 2. The Morgan fingerprint density at radius 2 is 1.92 bits per heavy atom. The minimum Gasteiger partial charge on any atom is -0.357 e. The van der Waals surface area contributed by atoms with Crippen molar-refractivity contribution in [3.05, 3.63) is 63.8 Å². The highest BCUT2D eigenvalue weighted by Gasteiger charge is 2.05. The first-order valence-corrected chi connectivity index (χ1v) is 9.65. The van der Waals surface area contributed by atoms with Crippen molar-refractivity contribution in [2.45, 2.75) is 20.0 Å². The van der Waals surface area contributed by atoms with Crippen LogP contribution in [0.5, 0.6) is 0 Å². The second-order valence-corrected chi connectivity index (χ2v) is 7.03. The summed E-state index contributed by atoms with van der Waals surface area (Å²) in [5.41, 5.74) is 2.15. The maximum atomic E-state index is 4.68. The fraction of sp³-hybridized carbons (Fsp3) is 0.222. The molecule has 0 unspecified atom stereocenters. The summed E-state index contributed by atoms with van der Waals surface area (Å²) in [4.78, 5) is 10.6. The first-order chi connectivity index (χ1) is 11.8. The Morgan fingerprint density at radius 1 is 1.08 bits per heavy atom. The van der Waals surface area contributed by atoms with Crippen LogP contribution in [0.25, 0.3) is 10.6 Å². The van der Waals surface area contributed by atoms with E-state index in [0.717, 1.165) is 35.3 Å². The number of nitrogens with one attached hydrogen (secondary N) is 2. The number of thiazole rings is 1. The molecule has 0 spiro atoms. The maximum absolute atomic E-state index is 4.68. The van der Waals surface area contributed by atoms with Crippen LogP contribution in [0, 0.1) is 0 Å². The van der Waals surface area contributed by atoms with E-state index in [2.05, 4.69) is 62.6 Å². The monoisotopic (exact) mass is 484 g/mol. The van der Waals surface area contributed by atoms with E-state index in [1.807, 2.05) is 18.2 Å². The normalized spacial score (nSPS) is 11.0. The van der Waals surface area contributed by atoms with E-state index < -0.39 is 0 Å². The van der Waals surface area contributed by atoms with E-state index in [9.17, 15) is 0 Å². The summed E-state index contributed by atoms with van der Waals surface area (Å²) < 4.78 is 0. The van der Waals surface area contributed by atoms with Gasteiger partial charge in [0.15, 0.2) is 5.96 Å². The van der Waals surface area contributed by atoms with Crippen LogP contribution >= 0.6 is 46.7 Å². The van der Waals surface area contributed by atoms with Gasteiger partial charge in [-0.05, 0) is 18.4 Å². The van der Waals surface area contributed by atoms with Crippen LogP contribution in [-0.2, 0) is 13.1 Å². The number of aliphatic imine (C=N–C) groups is 1. The molecular weight excluding hydrogens is 463 g/mol. The van der Waals surface area contributed by atoms with Crippen LogP contribution < -0.4 is 10.6 Å². The Labute approximate surface area is 173 Å². The number of hydrogen-bond donors (Lipinski definition) is 2. The molecule has 0 atom stereocenters. The molecule has 4 nitrogen and oxygen atoms in total. The second kappa shape index (κ2) is 10.5. The van der Waals surface area contributed by atoms with Gasteiger partial charge >= 0.3 is 0 Å². The summed E-state index contributed by atoms with van der Waals surface area (Å²) in [6, 6.07) is 14.4. The van der Waals surface area contributed by atoms with Gasteiger partial charge in [-0.25, -0.2) is 9.98 Å². The predicted octanol–water partition coefficient (Wildman–Crippen LogP) is 4.74. The van der Waals surface area contributed by atoms with Gasteiger partial charge in [-0.15, -0.1) is 46.7 Å². The average molecular weight is 484 g/mol. The molecule has 0 saturated carbocycles. The molecule has 2 N–H and O–H groups in total. The van der Waals surface area contributed by atoms with Gasteiger partial charge in [0.05, 0.1) is 18.8 Å². The van der Waals surface area contributed by atoms with Crippen LogP contribution in [0.1, 0.15) is 17.5 Å². The quantitative estimate of drug-likeness (QED) is 0.302. The SMILES string of the molecule is CCNC(=NCc1csc(-c2ccccc2)n1)NCc1cccs1.I. The highest BCUT2D eigenvalue weighted by molar-refractivity contribution is 14.0. The van der Waals surface area contributed by atoms with Gasteiger partial charge in [0, 0.05) is 22.4 Å². The molecule has 3 rings (SSSR count). The molecule has 0 aliphatic carbocycles. The van der Waals surface area contributed by atoms with E-state index in [0.29, 0.717) is 6.54 Å². The topological polar surface area (TPSA) is 49.3 Å². The summed E-state index contributed by atoms with van der Waals surface area (Å²) in [5, 5.41) is 11.8. The van der Waals surface area contributed by atoms with E-state index in [1.165, 1.54) is 4.88 Å². The first kappa shape index (κ1) is 19.9. The number of hydrogen-bond acceptors (Lipinski definition) is 4. The van der Waals surface area contributed by atoms with Gasteiger partial charge in [-0.2, -0.15) is 0 Å². The summed E-state index contributed by atoms with van der Waals surface area (Å²) in [6.45, 7) is 4.26. The smallest absolute Gasteiger partial charge is 0.191 e. The maximum Gasteiger partial charge on any atom is 0.191 e. The summed E-state index contributed by atoms with van der Waals surface area (Å²) in [7, 11) is 0. The van der Waals surface area contributed by atoms with Crippen molar-refractivity contribution >= 4 is 52.6 Å². The molecule has 132 valence electrons. The molecule has 0 fully saturated rings. The largest absolute Gasteiger partial charge is 0.357 e. The van der Waals surface area contributed by atoms with Crippen LogP contribution in [0.2, 0.25) is 0 Å². The van der Waals surface area contributed by atoms with Gasteiger partial charge in [0.1, 0.15) is 5.01 Å². The molecule has 2 heterocycles. The molecule has 0 radical (unpaired) electrons. The number of halogens is 1. The third kappa shape index (κ3) is 6.09. The predicted molar refractivity (Wildman–Crippen MR) is 119 cm³/mol. The van der Waals surface area contributed by atoms with Crippen molar-refractivity contribution in [1.82, 2.24) is 15.6 Å². The molecule has 7 heteroatoms. The van der Waals surface area contributed by atoms with Crippen molar-refractivity contribution in [2.24, 2.45) is 4.99 Å². The highest BCUT2D eigenvalue weighted by atomic mass is 127. The van der Waals surface area contributed by atoms with Crippen molar-refractivity contribution in [1.29, 1.82) is 0 Å². The Bertz CT molecular complexity index is 769. The third-order valence-corrected chi connectivity index (χ3v) is 5.14. The van der Waals surface area contributed by atoms with Crippen LogP contribution in [0.15, 0.2) is 58.2 Å². The summed E-state index contributed by atoms with van der Waals surface area (Å²) in [5.74, 6) is 0.820. The molecule has 3 aromatic rings. The molecular formula is C18H21IN4S2. The van der Waals surface area contributed by atoms with Crippen LogP contribution in [-0.4, -0.2) is 17.5 Å². The molecule has 25 heavy (non-hydrogen) atoms. The average Bonchev–Trinajstić information content (AvgIpc) is 3.30. The van der Waals surface area contributed by atoms with Gasteiger partial charge in [0.2, 0.25) is 0 Å². The molecule has 0 aliphatic heterocycles. The number of benzene rings is 1. The number of rotatable bonds is 6. The van der Waals surface area contributed by atoms with Crippen molar-refractivity contribution in [3.8, 4) is 10.6 Å². The summed E-state index contributed by atoms with van der Waals surface area (Å²) in [6.07, 6.45) is 0. The fourth-order valence-electron chi connectivity index (χ4n) is 2.18. The Balaban J connectivity index is 0.00000225. The minimum absolute atomic E-state index is 0. The zero-order valence-electron chi connectivity index (χ0n) is 13.9. The Kier molecular flexibility index (Phi) is 8.36. The van der Waals surface area contributed by atoms with Gasteiger partial charge in [-0.3, -0.25) is 0 Å². The van der Waals surface area contributed by atoms with E-state index in [4.69, 9.17) is 0 Å². The van der Waals surface area contributed by atoms with E-state index >= 15 is 0 Å². The van der Waals surface area contributed by atoms with Crippen molar-refractivity contribution in [2.75, 3.05) is 6.54 Å². The lowest BCUT2D eigenvalue weighted by Crippen LogP contribution is -2.36. The van der Waals surface area contributed by atoms with Crippen molar-refractivity contribution in [3.63, 3.8) is 0 Å². The van der Waals surface area contributed by atoms with E-state index in [-0.39, 0.29) is 24.0 Å². The Morgan fingerprint density at radius 3 is 2.64 bits per heavy atom. The van der Waals surface area contributed by atoms with Gasteiger partial charge in [-0.1, -0.05) is 36.4 Å². The van der Waals surface area contributed by atoms with Crippen molar-refractivity contribution < 1.29 is 0 Å². The zero-order valence-corrected chi connectivity index (χ0v) is 17.9. The number of aromatic nitrogens is 1. The lowest BCUT2D eigenvalue weighted by atomic mass is 10.2. The number of thiophene rings is 1. The molecule has 0 bridgehead atoms. The third-order valence-electron chi connectivity index (χ3n) is 3.33. The fourth-order valence-corrected chi connectivity index (χ4v) is 3.64. The molecule has 0 amide bonds. The molecule has 0 saturated heterocycles. The van der Waals surface area contributed by atoms with Crippen LogP contribution in [0.4, 0.5) is 0 Å². The minimum atomic E-state index is 0. The van der Waals surface area contributed by atoms with Gasteiger partial charge < -0.3 is 10.6 Å². The first-order valence-electron chi connectivity index (χ1n) is 7.89. The second-order valence-electron chi connectivity index (χ2n) is 5.14. The summed E-state index contributed by atoms with van der Waals surface area (Å²) >= 11 is 3.40. The Hall–Kier alpha value is -1.45. The zero-order chi connectivity index (χ0) is 16.6. The molecule has 1 aromatic carbocycles. The highest BCUT2D eigenvalue weighted by Crippen LogP contribution is 2.23. The lowest BCUT2D eigenvalue weighted by molar-refractivity contribution is 0.820. The lowest BCUT2D eigenvalue weighted by Gasteiger charge is -2.09. The standard InChI is InChI=1S/C18H20N4S2.HI/c1-2-19-18(21-12-16-9-6-10-23-16)20-11-15-13-24-17(22-15)14-7-4-3-5-8-14;/h3-10,13H,2,11-12H2,1H3,(H2,19,20,21);1H. The number of guanidine groups is 1. The molecule has 0 aliphatic rings.